The first-order valence-electron chi connectivity index (χ1n) is 4.79. The molecule has 0 fully saturated rings. The second-order valence-corrected chi connectivity index (χ2v) is 3.69. The van der Waals surface area contributed by atoms with Gasteiger partial charge in [0.1, 0.15) is 0 Å². The van der Waals surface area contributed by atoms with Crippen molar-refractivity contribution in [2.24, 2.45) is 0 Å². The first-order valence-corrected chi connectivity index (χ1v) is 5.17. The van der Waals surface area contributed by atoms with E-state index in [1.807, 2.05) is 0 Å². The molecule has 3 rings (SSSR count). The van der Waals surface area contributed by atoms with Crippen LogP contribution in [0.1, 0.15) is 0 Å². The molecule has 7 heteroatoms. The summed E-state index contributed by atoms with van der Waals surface area (Å²) < 4.78 is 10.5. The summed E-state index contributed by atoms with van der Waals surface area (Å²) in [6.07, 6.45) is 0. The summed E-state index contributed by atoms with van der Waals surface area (Å²) >= 11 is 5.72. The largest absolute Gasteiger partial charge is 0.454 e. The minimum Gasteiger partial charge on any atom is -0.454 e. The lowest BCUT2D eigenvalue weighted by Crippen LogP contribution is -1.99. The number of hydrogen-bond acceptors (Lipinski definition) is 6. The summed E-state index contributed by atoms with van der Waals surface area (Å²) in [5.41, 5.74) is 6.25. The number of halogens is 1. The Balaban J connectivity index is 2.09. The van der Waals surface area contributed by atoms with Crippen LogP contribution in [0.25, 0.3) is 11.4 Å². The highest BCUT2D eigenvalue weighted by Crippen LogP contribution is 2.35. The van der Waals surface area contributed by atoms with E-state index in [4.69, 9.17) is 26.8 Å². The maximum atomic E-state index is 5.72. The van der Waals surface area contributed by atoms with E-state index in [-0.39, 0.29) is 18.0 Å². The summed E-state index contributed by atoms with van der Waals surface area (Å²) in [5, 5.41) is 0.0603. The molecule has 2 heterocycles. The molecule has 1 aliphatic heterocycles. The fourth-order valence-corrected chi connectivity index (χ4v) is 1.70. The van der Waals surface area contributed by atoms with E-state index >= 15 is 0 Å². The molecule has 0 radical (unpaired) electrons. The van der Waals surface area contributed by atoms with Crippen LogP contribution in [-0.2, 0) is 0 Å². The lowest BCUT2D eigenvalue weighted by Gasteiger charge is -2.02. The summed E-state index contributed by atoms with van der Waals surface area (Å²) in [4.78, 5) is 11.7. The summed E-state index contributed by atoms with van der Waals surface area (Å²) in [6.45, 7) is 0.221. The second-order valence-electron chi connectivity index (χ2n) is 3.35. The third-order valence-corrected chi connectivity index (χ3v) is 2.43. The normalized spacial score (nSPS) is 12.8. The Morgan fingerprint density at radius 2 is 1.94 bits per heavy atom. The Kier molecular flexibility index (Phi) is 2.22. The second kappa shape index (κ2) is 3.74. The van der Waals surface area contributed by atoms with Crippen LogP contribution >= 0.6 is 11.6 Å². The van der Waals surface area contributed by atoms with E-state index in [0.29, 0.717) is 17.3 Å². The summed E-state index contributed by atoms with van der Waals surface area (Å²) in [6, 6.07) is 5.36. The number of rotatable bonds is 1. The minimum absolute atomic E-state index is 0.0603. The van der Waals surface area contributed by atoms with Gasteiger partial charge in [-0.3, -0.25) is 0 Å². The number of nitrogens with two attached hydrogens (primary N) is 1. The van der Waals surface area contributed by atoms with Crippen molar-refractivity contribution in [1.29, 1.82) is 0 Å². The first-order chi connectivity index (χ1) is 8.22. The molecule has 1 aliphatic rings. The zero-order chi connectivity index (χ0) is 11.8. The topological polar surface area (TPSA) is 83.2 Å². The van der Waals surface area contributed by atoms with Gasteiger partial charge in [-0.05, 0) is 29.8 Å². The number of hydrogen-bond donors (Lipinski definition) is 1. The third kappa shape index (κ3) is 1.83. The third-order valence-electron chi connectivity index (χ3n) is 2.26. The standard InChI is InChI=1S/C10H7ClN4O2/c11-9-13-8(14-10(12)15-9)5-1-2-6-7(3-5)17-4-16-6/h1-3H,4H2,(H2,12,13,14,15). The maximum absolute atomic E-state index is 5.72. The maximum Gasteiger partial charge on any atom is 0.231 e. The van der Waals surface area contributed by atoms with Crippen molar-refractivity contribution in [2.45, 2.75) is 0 Å². The average Bonchev–Trinajstić information content (AvgIpc) is 2.74. The quantitative estimate of drug-likeness (QED) is 0.826. The van der Waals surface area contributed by atoms with Gasteiger partial charge in [-0.25, -0.2) is 0 Å². The van der Waals surface area contributed by atoms with Gasteiger partial charge >= 0.3 is 0 Å². The van der Waals surface area contributed by atoms with Gasteiger partial charge in [0.25, 0.3) is 0 Å². The van der Waals surface area contributed by atoms with Crippen molar-refractivity contribution >= 4 is 17.5 Å². The Hall–Kier alpha value is -2.08. The molecule has 86 valence electrons. The fourth-order valence-electron chi connectivity index (χ4n) is 1.53. The van der Waals surface area contributed by atoms with Crippen LogP contribution in [0, 0.1) is 0 Å². The lowest BCUT2D eigenvalue weighted by molar-refractivity contribution is 0.174. The molecule has 0 amide bonds. The van der Waals surface area contributed by atoms with Gasteiger partial charge in [0, 0.05) is 5.56 Å². The van der Waals surface area contributed by atoms with Crippen molar-refractivity contribution in [1.82, 2.24) is 15.0 Å². The van der Waals surface area contributed by atoms with Crippen LogP contribution in [0.2, 0.25) is 5.28 Å². The van der Waals surface area contributed by atoms with Gasteiger partial charge in [-0.2, -0.15) is 15.0 Å². The van der Waals surface area contributed by atoms with Crippen molar-refractivity contribution in [3.8, 4) is 22.9 Å². The van der Waals surface area contributed by atoms with E-state index in [9.17, 15) is 0 Å². The van der Waals surface area contributed by atoms with E-state index < -0.39 is 0 Å². The molecular weight excluding hydrogens is 244 g/mol. The van der Waals surface area contributed by atoms with Gasteiger partial charge in [0.15, 0.2) is 17.3 Å². The molecule has 0 aliphatic carbocycles. The summed E-state index contributed by atoms with van der Waals surface area (Å²) in [5.74, 6) is 1.83. The zero-order valence-corrected chi connectivity index (χ0v) is 9.31. The molecule has 1 aromatic carbocycles. The van der Waals surface area contributed by atoms with Crippen LogP contribution in [0.15, 0.2) is 18.2 Å². The molecule has 2 aromatic rings. The van der Waals surface area contributed by atoms with Crippen LogP contribution < -0.4 is 15.2 Å². The van der Waals surface area contributed by atoms with Crippen molar-refractivity contribution in [3.05, 3.63) is 23.5 Å². The van der Waals surface area contributed by atoms with Crippen molar-refractivity contribution in [2.75, 3.05) is 12.5 Å². The molecule has 0 unspecified atom stereocenters. The van der Waals surface area contributed by atoms with Gasteiger partial charge in [-0.1, -0.05) is 0 Å². The molecule has 1 aromatic heterocycles. The van der Waals surface area contributed by atoms with Crippen molar-refractivity contribution < 1.29 is 9.47 Å². The molecule has 0 spiro atoms. The Labute approximate surface area is 101 Å². The molecule has 0 atom stereocenters. The minimum atomic E-state index is 0.0603. The highest BCUT2D eigenvalue weighted by Gasteiger charge is 2.15. The van der Waals surface area contributed by atoms with Crippen LogP contribution in [0.3, 0.4) is 0 Å². The molecular formula is C10H7ClN4O2. The van der Waals surface area contributed by atoms with Crippen LogP contribution in [0.5, 0.6) is 11.5 Å². The SMILES string of the molecule is Nc1nc(Cl)nc(-c2ccc3c(c2)OCO3)n1. The number of fused-ring (bicyclic) bond motifs is 1. The Morgan fingerprint density at radius 3 is 2.76 bits per heavy atom. The smallest absolute Gasteiger partial charge is 0.231 e. The molecule has 6 nitrogen and oxygen atoms in total. The predicted molar refractivity (Wildman–Crippen MR) is 60.8 cm³/mol. The van der Waals surface area contributed by atoms with Crippen LogP contribution in [-0.4, -0.2) is 21.7 Å². The number of anilines is 1. The summed E-state index contributed by atoms with van der Waals surface area (Å²) in [7, 11) is 0. The zero-order valence-electron chi connectivity index (χ0n) is 8.55. The lowest BCUT2D eigenvalue weighted by atomic mass is 10.2. The highest BCUT2D eigenvalue weighted by molar-refractivity contribution is 6.28. The monoisotopic (exact) mass is 250 g/mol. The van der Waals surface area contributed by atoms with Crippen LogP contribution in [0.4, 0.5) is 5.95 Å². The van der Waals surface area contributed by atoms with E-state index in [0.717, 1.165) is 5.56 Å². The van der Waals surface area contributed by atoms with E-state index in [1.54, 1.807) is 18.2 Å². The van der Waals surface area contributed by atoms with Gasteiger partial charge < -0.3 is 15.2 Å². The Bertz CT molecular complexity index is 570. The fraction of sp³-hybridized carbons (Fsp3) is 0.100. The van der Waals surface area contributed by atoms with Crippen molar-refractivity contribution in [3.63, 3.8) is 0 Å². The number of nitrogens with zero attached hydrogens (tertiary/aromatic N) is 3. The highest BCUT2D eigenvalue weighted by atomic mass is 35.5. The first kappa shape index (κ1) is 10.1. The van der Waals surface area contributed by atoms with E-state index in [1.165, 1.54) is 0 Å². The van der Waals surface area contributed by atoms with E-state index in [2.05, 4.69) is 15.0 Å². The van der Waals surface area contributed by atoms with Gasteiger partial charge in [-0.15, -0.1) is 0 Å². The van der Waals surface area contributed by atoms with Gasteiger partial charge in [0.2, 0.25) is 18.0 Å². The molecule has 2 N–H and O–H groups in total. The number of ether oxygens (including phenoxy) is 2. The van der Waals surface area contributed by atoms with Gasteiger partial charge in [0.05, 0.1) is 0 Å². The molecule has 0 saturated heterocycles. The molecule has 0 bridgehead atoms. The number of aromatic nitrogens is 3. The number of nitrogen functional groups attached to an aromatic ring is 1. The Morgan fingerprint density at radius 1 is 1.12 bits per heavy atom. The number of benzene rings is 1. The predicted octanol–water partition coefficient (Wildman–Crippen LogP) is 1.50. The molecule has 0 saturated carbocycles. The molecule has 17 heavy (non-hydrogen) atoms. The average molecular weight is 251 g/mol.